The summed E-state index contributed by atoms with van der Waals surface area (Å²) in [5.41, 5.74) is 2.77. The summed E-state index contributed by atoms with van der Waals surface area (Å²) in [6.07, 6.45) is 0. The number of hydrogen-bond acceptors (Lipinski definition) is 7. The van der Waals surface area contributed by atoms with Gasteiger partial charge in [0.25, 0.3) is 0 Å². The monoisotopic (exact) mass is 419 g/mol. The molecule has 0 aliphatic carbocycles. The smallest absolute Gasteiger partial charge is 0.245 e. The summed E-state index contributed by atoms with van der Waals surface area (Å²) >= 11 is 1.44. The van der Waals surface area contributed by atoms with Crippen LogP contribution in [0.2, 0.25) is 0 Å². The molecule has 3 heterocycles. The van der Waals surface area contributed by atoms with Crippen molar-refractivity contribution < 1.29 is 13.2 Å². The highest BCUT2D eigenvalue weighted by Gasteiger charge is 2.44. The molecule has 1 aromatic carbocycles. The van der Waals surface area contributed by atoms with Crippen LogP contribution in [0, 0.1) is 13.8 Å². The van der Waals surface area contributed by atoms with Gasteiger partial charge in [0.15, 0.2) is 20.8 Å². The van der Waals surface area contributed by atoms with Crippen molar-refractivity contribution in [3.8, 4) is 0 Å². The first-order chi connectivity index (χ1) is 13.3. The number of hydrogen-bond donors (Lipinski definition) is 2. The third-order valence-corrected chi connectivity index (χ3v) is 7.87. The zero-order valence-corrected chi connectivity index (χ0v) is 17.2. The molecule has 0 saturated carbocycles. The lowest BCUT2D eigenvalue weighted by Crippen LogP contribution is -2.36. The Balaban J connectivity index is 1.57. The van der Waals surface area contributed by atoms with E-state index >= 15 is 0 Å². The molecule has 2 N–H and O–H groups in total. The van der Waals surface area contributed by atoms with Crippen LogP contribution in [-0.4, -0.2) is 59.0 Å². The first kappa shape index (κ1) is 19.0. The highest BCUT2D eigenvalue weighted by atomic mass is 32.2. The summed E-state index contributed by atoms with van der Waals surface area (Å²) in [6, 6.07) is 9.34. The molecule has 2 aromatic rings. The molecule has 1 amide bonds. The van der Waals surface area contributed by atoms with E-state index in [1.165, 1.54) is 11.8 Å². The van der Waals surface area contributed by atoms with Crippen LogP contribution in [0.3, 0.4) is 0 Å². The van der Waals surface area contributed by atoms with E-state index in [0.717, 1.165) is 16.9 Å². The highest BCUT2D eigenvalue weighted by Crippen LogP contribution is 2.36. The minimum atomic E-state index is -3.02. The van der Waals surface area contributed by atoms with E-state index in [0.29, 0.717) is 11.0 Å². The second-order valence-corrected chi connectivity index (χ2v) is 10.5. The van der Waals surface area contributed by atoms with Gasteiger partial charge in [-0.05, 0) is 31.5 Å². The third-order valence-electron chi connectivity index (χ3n) is 4.62. The second-order valence-electron chi connectivity index (χ2n) is 7.12. The number of amides is 1. The van der Waals surface area contributed by atoms with E-state index in [4.69, 9.17) is 0 Å². The Kier molecular flexibility index (Phi) is 4.92. The van der Waals surface area contributed by atoms with E-state index < -0.39 is 9.84 Å². The predicted molar refractivity (Wildman–Crippen MR) is 112 cm³/mol. The average Bonchev–Trinajstić information content (AvgIpc) is 3.25. The summed E-state index contributed by atoms with van der Waals surface area (Å²) in [5, 5.41) is 10.2. The van der Waals surface area contributed by atoms with Crippen LogP contribution >= 0.6 is 11.8 Å². The van der Waals surface area contributed by atoms with Crippen LogP contribution in [0.5, 0.6) is 0 Å². The minimum Gasteiger partial charge on any atom is -0.312 e. The maximum atomic E-state index is 12.6. The predicted octanol–water partition coefficient (Wildman–Crippen LogP) is 1.74. The quantitative estimate of drug-likeness (QED) is 0.782. The van der Waals surface area contributed by atoms with Gasteiger partial charge in [-0.25, -0.2) is 8.42 Å². The van der Waals surface area contributed by atoms with Gasteiger partial charge in [0.05, 0.1) is 17.5 Å². The van der Waals surface area contributed by atoms with Crippen molar-refractivity contribution in [1.82, 2.24) is 10.2 Å². The number of rotatable bonds is 4. The van der Waals surface area contributed by atoms with E-state index in [9.17, 15) is 13.2 Å². The van der Waals surface area contributed by atoms with Crippen LogP contribution < -0.4 is 10.2 Å². The summed E-state index contributed by atoms with van der Waals surface area (Å²) in [7, 11) is -3.02. The topological polar surface area (TPSA) is 108 Å². The van der Waals surface area contributed by atoms with Gasteiger partial charge in [-0.2, -0.15) is 5.10 Å². The lowest BCUT2D eigenvalue weighted by atomic mass is 10.2. The molecule has 10 heteroatoms. The van der Waals surface area contributed by atoms with Crippen LogP contribution in [0.1, 0.15) is 11.3 Å². The Bertz CT molecular complexity index is 1050. The van der Waals surface area contributed by atoms with Crippen LogP contribution in [0.25, 0.3) is 0 Å². The second kappa shape index (κ2) is 7.25. The number of aromatic nitrogens is 2. The first-order valence-electron chi connectivity index (χ1n) is 8.90. The van der Waals surface area contributed by atoms with Gasteiger partial charge >= 0.3 is 0 Å². The number of carbonyl (C=O) groups is 1. The number of aliphatic imine (C=N–C) groups is 1. The molecule has 148 valence electrons. The Hall–Kier alpha value is -2.33. The fraction of sp³-hybridized carbons (Fsp3) is 0.389. The molecule has 0 radical (unpaired) electrons. The molecule has 1 fully saturated rings. The number of H-pyrrole nitrogens is 1. The lowest BCUT2D eigenvalue weighted by molar-refractivity contribution is -0.114. The number of aromatic amines is 1. The zero-order valence-electron chi connectivity index (χ0n) is 15.5. The molecule has 1 saturated heterocycles. The molecule has 2 aliphatic heterocycles. The number of carbonyl (C=O) groups excluding carboxylic acids is 1. The van der Waals surface area contributed by atoms with E-state index in [-0.39, 0.29) is 35.2 Å². The standard InChI is InChI=1S/C18H21N5O3S2/c1-11-4-3-5-13(6-11)23(8-17(24)20-16-7-12(2)21-22-16)18-19-14-9-28(25,26)10-15(14)27-18/h3-7,14-15H,8-10H2,1-2H3,(H2,20,21,22,24). The van der Waals surface area contributed by atoms with Gasteiger partial charge < -0.3 is 10.2 Å². The molecule has 0 spiro atoms. The lowest BCUT2D eigenvalue weighted by Gasteiger charge is -2.24. The molecular weight excluding hydrogens is 398 g/mol. The van der Waals surface area contributed by atoms with E-state index in [1.807, 2.05) is 43.0 Å². The number of aryl methyl sites for hydroxylation is 2. The molecule has 2 atom stereocenters. The number of amidine groups is 1. The van der Waals surface area contributed by atoms with E-state index in [2.05, 4.69) is 20.5 Å². The molecule has 8 nitrogen and oxygen atoms in total. The Morgan fingerprint density at radius 1 is 1.32 bits per heavy atom. The number of benzene rings is 1. The van der Waals surface area contributed by atoms with Gasteiger partial charge in [0.1, 0.15) is 6.54 Å². The van der Waals surface area contributed by atoms with Gasteiger partial charge in [0.2, 0.25) is 5.91 Å². The summed E-state index contributed by atoms with van der Waals surface area (Å²) in [5.74, 6) is 0.460. The van der Waals surface area contributed by atoms with Crippen LogP contribution in [-0.2, 0) is 14.6 Å². The fourth-order valence-corrected chi connectivity index (χ4v) is 7.12. The van der Waals surface area contributed by atoms with Gasteiger partial charge in [0, 0.05) is 22.7 Å². The zero-order chi connectivity index (χ0) is 19.9. The number of anilines is 2. The maximum Gasteiger partial charge on any atom is 0.245 e. The Morgan fingerprint density at radius 2 is 2.14 bits per heavy atom. The van der Waals surface area contributed by atoms with Crippen molar-refractivity contribution in [2.24, 2.45) is 4.99 Å². The number of thioether (sulfide) groups is 1. The largest absolute Gasteiger partial charge is 0.312 e. The molecule has 4 rings (SSSR count). The molecule has 0 bridgehead atoms. The van der Waals surface area contributed by atoms with Crippen molar-refractivity contribution in [3.05, 3.63) is 41.6 Å². The van der Waals surface area contributed by atoms with Crippen molar-refractivity contribution in [3.63, 3.8) is 0 Å². The third kappa shape index (κ3) is 4.07. The van der Waals surface area contributed by atoms with Gasteiger partial charge in [-0.1, -0.05) is 23.9 Å². The van der Waals surface area contributed by atoms with Crippen molar-refractivity contribution in [1.29, 1.82) is 0 Å². The summed E-state index contributed by atoms with van der Waals surface area (Å²) < 4.78 is 23.7. The molecule has 2 unspecified atom stereocenters. The highest BCUT2D eigenvalue weighted by molar-refractivity contribution is 8.15. The molecule has 28 heavy (non-hydrogen) atoms. The van der Waals surface area contributed by atoms with Crippen molar-refractivity contribution in [2.75, 3.05) is 28.3 Å². The van der Waals surface area contributed by atoms with Gasteiger partial charge in [-0.3, -0.25) is 14.9 Å². The SMILES string of the molecule is Cc1cccc(N(CC(=O)Nc2cc(C)[nH]n2)C2=NC3CS(=O)(=O)CC3S2)c1. The van der Waals surface area contributed by atoms with Crippen molar-refractivity contribution in [2.45, 2.75) is 25.1 Å². The summed E-state index contributed by atoms with van der Waals surface area (Å²) in [4.78, 5) is 19.1. The Morgan fingerprint density at radius 3 is 2.82 bits per heavy atom. The first-order valence-corrected chi connectivity index (χ1v) is 11.6. The minimum absolute atomic E-state index is 0.0629. The van der Waals surface area contributed by atoms with Crippen LogP contribution in [0.4, 0.5) is 11.5 Å². The number of sulfone groups is 1. The molecule has 1 aromatic heterocycles. The molecular formula is C18H21N5O3S2. The Labute approximate surface area is 167 Å². The number of fused-ring (bicyclic) bond motifs is 1. The van der Waals surface area contributed by atoms with Crippen molar-refractivity contribution >= 4 is 44.2 Å². The van der Waals surface area contributed by atoms with Gasteiger partial charge in [-0.15, -0.1) is 0 Å². The maximum absolute atomic E-state index is 12.6. The van der Waals surface area contributed by atoms with E-state index in [1.54, 1.807) is 6.07 Å². The average molecular weight is 420 g/mol. The van der Waals surface area contributed by atoms with Crippen LogP contribution in [0.15, 0.2) is 35.3 Å². The summed E-state index contributed by atoms with van der Waals surface area (Å²) in [6.45, 7) is 3.91. The normalized spacial score (nSPS) is 22.6. The fourth-order valence-electron chi connectivity index (χ4n) is 3.34. The number of nitrogens with zero attached hydrogens (tertiary/aromatic N) is 3. The molecule has 2 aliphatic rings. The number of nitrogens with one attached hydrogen (secondary N) is 2.